The second kappa shape index (κ2) is 5.36. The molecular formula is C15H14O3S. The lowest BCUT2D eigenvalue weighted by Gasteiger charge is -2.08. The lowest BCUT2D eigenvalue weighted by Crippen LogP contribution is -2.06. The molecule has 0 amide bonds. The quantitative estimate of drug-likeness (QED) is 0.875. The molecule has 0 aliphatic rings. The van der Waals surface area contributed by atoms with Crippen LogP contribution in [0.4, 0.5) is 0 Å². The van der Waals surface area contributed by atoms with Gasteiger partial charge in [0.1, 0.15) is 5.75 Å². The van der Waals surface area contributed by atoms with Crippen molar-refractivity contribution in [3.8, 4) is 5.75 Å². The van der Waals surface area contributed by atoms with Gasteiger partial charge in [0.05, 0.1) is 16.4 Å². The average Bonchev–Trinajstić information content (AvgIpc) is 2.40. The average molecular weight is 274 g/mol. The molecule has 19 heavy (non-hydrogen) atoms. The molecular weight excluding hydrogens is 260 g/mol. The van der Waals surface area contributed by atoms with Gasteiger partial charge in [-0.2, -0.15) is 0 Å². The molecule has 0 spiro atoms. The molecule has 0 saturated carbocycles. The van der Waals surface area contributed by atoms with Crippen molar-refractivity contribution in [1.82, 2.24) is 0 Å². The van der Waals surface area contributed by atoms with Crippen molar-refractivity contribution in [1.29, 1.82) is 0 Å². The van der Waals surface area contributed by atoms with Gasteiger partial charge in [0.25, 0.3) is 0 Å². The minimum Gasteiger partial charge on any atom is -0.507 e. The maximum Gasteiger partial charge on any atom is 0.197 e. The third-order valence-corrected chi connectivity index (χ3v) is 3.81. The van der Waals surface area contributed by atoms with Crippen LogP contribution in [0.3, 0.4) is 0 Å². The van der Waals surface area contributed by atoms with Gasteiger partial charge in [-0.1, -0.05) is 23.8 Å². The Morgan fingerprint density at radius 2 is 1.79 bits per heavy atom. The van der Waals surface area contributed by atoms with Crippen molar-refractivity contribution in [2.24, 2.45) is 0 Å². The van der Waals surface area contributed by atoms with E-state index >= 15 is 0 Å². The van der Waals surface area contributed by atoms with E-state index < -0.39 is 10.8 Å². The van der Waals surface area contributed by atoms with E-state index in [2.05, 4.69) is 0 Å². The summed E-state index contributed by atoms with van der Waals surface area (Å²) in [7, 11) is -1.25. The zero-order chi connectivity index (χ0) is 14.0. The van der Waals surface area contributed by atoms with Gasteiger partial charge in [-0.3, -0.25) is 9.00 Å². The van der Waals surface area contributed by atoms with Gasteiger partial charge >= 0.3 is 0 Å². The Labute approximate surface area is 114 Å². The number of hydrogen-bond donors (Lipinski definition) is 1. The molecule has 0 aliphatic heterocycles. The highest BCUT2D eigenvalue weighted by Crippen LogP contribution is 2.24. The smallest absolute Gasteiger partial charge is 0.197 e. The second-order valence-electron chi connectivity index (χ2n) is 4.30. The van der Waals surface area contributed by atoms with E-state index in [1.807, 2.05) is 6.92 Å². The Morgan fingerprint density at radius 3 is 2.47 bits per heavy atom. The van der Waals surface area contributed by atoms with Crippen molar-refractivity contribution in [3.63, 3.8) is 0 Å². The third-order valence-electron chi connectivity index (χ3n) is 2.84. The molecule has 2 aromatic carbocycles. The van der Waals surface area contributed by atoms with E-state index in [1.54, 1.807) is 36.4 Å². The highest BCUT2D eigenvalue weighted by molar-refractivity contribution is 7.84. The van der Waals surface area contributed by atoms with Crippen molar-refractivity contribution >= 4 is 16.6 Å². The molecule has 4 heteroatoms. The summed E-state index contributed by atoms with van der Waals surface area (Å²) in [6.07, 6.45) is 1.53. The fraction of sp³-hybridized carbons (Fsp3) is 0.133. The van der Waals surface area contributed by atoms with Crippen LogP contribution >= 0.6 is 0 Å². The summed E-state index contributed by atoms with van der Waals surface area (Å²) < 4.78 is 11.7. The van der Waals surface area contributed by atoms with E-state index in [4.69, 9.17) is 0 Å². The largest absolute Gasteiger partial charge is 0.507 e. The highest BCUT2D eigenvalue weighted by atomic mass is 32.2. The normalized spacial score (nSPS) is 12.1. The Hall–Kier alpha value is -1.94. The first-order valence-electron chi connectivity index (χ1n) is 5.77. The van der Waals surface area contributed by atoms with Gasteiger partial charge < -0.3 is 5.11 Å². The highest BCUT2D eigenvalue weighted by Gasteiger charge is 2.18. The van der Waals surface area contributed by atoms with Crippen LogP contribution in [0.2, 0.25) is 0 Å². The number of ketones is 1. The molecule has 0 fully saturated rings. The van der Waals surface area contributed by atoms with Crippen LogP contribution in [0, 0.1) is 6.92 Å². The molecule has 2 aromatic rings. The lowest BCUT2D eigenvalue weighted by atomic mass is 10.0. The molecule has 2 rings (SSSR count). The third kappa shape index (κ3) is 2.74. The molecule has 3 nitrogen and oxygen atoms in total. The Kier molecular flexibility index (Phi) is 3.81. The van der Waals surface area contributed by atoms with Gasteiger partial charge in [-0.15, -0.1) is 0 Å². The van der Waals surface area contributed by atoms with E-state index in [-0.39, 0.29) is 17.1 Å². The summed E-state index contributed by atoms with van der Waals surface area (Å²) >= 11 is 0. The summed E-state index contributed by atoms with van der Waals surface area (Å²) in [5.41, 5.74) is 1.48. The maximum atomic E-state index is 12.5. The number of phenolic OH excluding ortho intramolecular Hbond substituents is 1. The molecule has 0 aliphatic carbocycles. The van der Waals surface area contributed by atoms with Crippen LogP contribution in [-0.2, 0) is 10.8 Å². The number of rotatable bonds is 3. The van der Waals surface area contributed by atoms with Gasteiger partial charge in [0.15, 0.2) is 5.78 Å². The Balaban J connectivity index is 2.56. The van der Waals surface area contributed by atoms with Crippen LogP contribution in [0.15, 0.2) is 47.4 Å². The van der Waals surface area contributed by atoms with Crippen LogP contribution in [-0.4, -0.2) is 21.4 Å². The standard InChI is InChI=1S/C15H14O3S/c1-10-7-8-13(16)12(9-10)15(17)11-5-3-4-6-14(11)19(2)18/h3-9,16H,1-2H3. The van der Waals surface area contributed by atoms with Gasteiger partial charge in [-0.05, 0) is 31.2 Å². The Bertz CT molecular complexity index is 662. The summed E-state index contributed by atoms with van der Waals surface area (Å²) in [5.74, 6) is -0.376. The van der Waals surface area contributed by atoms with Crippen LogP contribution in [0.25, 0.3) is 0 Å². The summed E-state index contributed by atoms with van der Waals surface area (Å²) in [4.78, 5) is 12.9. The minimum absolute atomic E-state index is 0.0627. The maximum absolute atomic E-state index is 12.5. The number of aromatic hydroxyl groups is 1. The fourth-order valence-corrected chi connectivity index (χ4v) is 2.62. The number of phenols is 1. The summed E-state index contributed by atoms with van der Waals surface area (Å²) in [6, 6.07) is 11.6. The van der Waals surface area contributed by atoms with Crippen molar-refractivity contribution in [2.45, 2.75) is 11.8 Å². The van der Waals surface area contributed by atoms with E-state index in [0.29, 0.717) is 10.5 Å². The topological polar surface area (TPSA) is 54.4 Å². The van der Waals surface area contributed by atoms with Crippen molar-refractivity contribution in [3.05, 3.63) is 59.2 Å². The van der Waals surface area contributed by atoms with Crippen molar-refractivity contribution in [2.75, 3.05) is 6.26 Å². The second-order valence-corrected chi connectivity index (χ2v) is 5.65. The predicted molar refractivity (Wildman–Crippen MR) is 75.1 cm³/mol. The van der Waals surface area contributed by atoms with Crippen LogP contribution < -0.4 is 0 Å². The zero-order valence-corrected chi connectivity index (χ0v) is 11.5. The number of aryl methyl sites for hydroxylation is 1. The molecule has 0 aromatic heterocycles. The molecule has 0 radical (unpaired) electrons. The van der Waals surface area contributed by atoms with E-state index in [1.165, 1.54) is 12.3 Å². The zero-order valence-electron chi connectivity index (χ0n) is 10.7. The molecule has 1 N–H and O–H groups in total. The summed E-state index contributed by atoms with van der Waals surface area (Å²) in [6.45, 7) is 1.85. The fourth-order valence-electron chi connectivity index (χ4n) is 1.88. The van der Waals surface area contributed by atoms with Crippen LogP contribution in [0.5, 0.6) is 5.75 Å². The first kappa shape index (κ1) is 13.5. The van der Waals surface area contributed by atoms with E-state index in [0.717, 1.165) is 5.56 Å². The first-order chi connectivity index (χ1) is 9.00. The van der Waals surface area contributed by atoms with Crippen LogP contribution in [0.1, 0.15) is 21.5 Å². The molecule has 98 valence electrons. The number of carbonyl (C=O) groups is 1. The minimum atomic E-state index is -1.25. The SMILES string of the molecule is Cc1ccc(O)c(C(=O)c2ccccc2S(C)=O)c1. The van der Waals surface area contributed by atoms with Gasteiger partial charge in [0, 0.05) is 16.7 Å². The predicted octanol–water partition coefficient (Wildman–Crippen LogP) is 2.67. The van der Waals surface area contributed by atoms with Gasteiger partial charge in [0.2, 0.25) is 0 Å². The Morgan fingerprint density at radius 1 is 1.11 bits per heavy atom. The lowest BCUT2D eigenvalue weighted by molar-refractivity contribution is 0.103. The molecule has 1 atom stereocenters. The number of carbonyl (C=O) groups excluding carboxylic acids is 1. The monoisotopic (exact) mass is 274 g/mol. The van der Waals surface area contributed by atoms with Crippen molar-refractivity contribution < 1.29 is 14.1 Å². The summed E-state index contributed by atoms with van der Waals surface area (Å²) in [5, 5.41) is 9.80. The van der Waals surface area contributed by atoms with E-state index in [9.17, 15) is 14.1 Å². The molecule has 0 heterocycles. The molecule has 0 bridgehead atoms. The van der Waals surface area contributed by atoms with Gasteiger partial charge in [-0.25, -0.2) is 0 Å². The molecule has 1 unspecified atom stereocenters. The number of benzene rings is 2. The molecule has 0 saturated heterocycles. The number of hydrogen-bond acceptors (Lipinski definition) is 3. The first-order valence-corrected chi connectivity index (χ1v) is 7.33.